The Morgan fingerprint density at radius 1 is 1.14 bits per heavy atom. The van der Waals surface area contributed by atoms with Crippen LogP contribution in [-0.2, 0) is 9.59 Å². The average Bonchev–Trinajstić information content (AvgIpc) is 2.42. The largest absolute Gasteiger partial charge is 0.478 e. The average molecular weight is 382 g/mol. The van der Waals surface area contributed by atoms with E-state index in [1.54, 1.807) is 24.3 Å². The molecule has 0 amide bonds. The highest BCUT2D eigenvalue weighted by Crippen LogP contribution is 2.27. The lowest BCUT2D eigenvalue weighted by Crippen LogP contribution is -2.10. The molecule has 1 aromatic carbocycles. The van der Waals surface area contributed by atoms with Crippen molar-refractivity contribution in [2.45, 2.75) is 25.3 Å². The molecule has 120 valence electrons. The summed E-state index contributed by atoms with van der Waals surface area (Å²) in [5.41, 5.74) is 0.704. The fourth-order valence-corrected chi connectivity index (χ4v) is 3.45. The van der Waals surface area contributed by atoms with Gasteiger partial charge in [-0.1, -0.05) is 18.6 Å². The van der Waals surface area contributed by atoms with Crippen LogP contribution in [0.5, 0.6) is 5.75 Å². The summed E-state index contributed by atoms with van der Waals surface area (Å²) >= 11 is 17.2. The third-order valence-corrected chi connectivity index (χ3v) is 5.24. The van der Waals surface area contributed by atoms with E-state index in [0.717, 1.165) is 6.08 Å². The summed E-state index contributed by atoms with van der Waals surface area (Å²) in [6.07, 6.45) is 4.04. The Balaban J connectivity index is 2.37. The summed E-state index contributed by atoms with van der Waals surface area (Å²) in [5, 5.41) is 8.52. The van der Waals surface area contributed by atoms with Gasteiger partial charge >= 0.3 is 17.9 Å². The maximum Gasteiger partial charge on any atom is 0.341 e. The second kappa shape index (κ2) is 9.20. The molecule has 4 nitrogen and oxygen atoms in total. The zero-order valence-corrected chi connectivity index (χ0v) is 14.9. The van der Waals surface area contributed by atoms with Gasteiger partial charge in [0.1, 0.15) is 5.75 Å². The van der Waals surface area contributed by atoms with Gasteiger partial charge in [-0.3, -0.25) is 4.79 Å². The number of unbranched alkanes of at least 4 members (excludes halogenated alkanes) is 1. The van der Waals surface area contributed by atoms with Crippen LogP contribution in [0.2, 0.25) is 6.04 Å². The Morgan fingerprint density at radius 2 is 1.77 bits per heavy atom. The lowest BCUT2D eigenvalue weighted by Gasteiger charge is -2.07. The number of esters is 1. The highest BCUT2D eigenvalue weighted by Gasteiger charge is 2.23. The molecule has 0 unspecified atom stereocenters. The first kappa shape index (κ1) is 19.0. The highest BCUT2D eigenvalue weighted by atomic mass is 35.8. The van der Waals surface area contributed by atoms with Crippen LogP contribution >= 0.6 is 33.2 Å². The minimum atomic E-state index is -2.61. The Kier molecular flexibility index (Phi) is 7.96. The van der Waals surface area contributed by atoms with Crippen LogP contribution in [0.15, 0.2) is 30.3 Å². The van der Waals surface area contributed by atoms with Crippen molar-refractivity contribution in [2.24, 2.45) is 0 Å². The summed E-state index contributed by atoms with van der Waals surface area (Å²) in [7, 11) is 0. The molecule has 0 saturated heterocycles. The third-order valence-electron chi connectivity index (χ3n) is 2.62. The fourth-order valence-electron chi connectivity index (χ4n) is 1.59. The molecular formula is C14H15Cl3O4Si. The lowest BCUT2D eigenvalue weighted by atomic mass is 10.2. The standard InChI is InChI=1S/C14H15Cl3O4Si/c15-22(16,17)10-2-1-3-14(20)21-12-7-4-11(5-8-12)6-9-13(18)19/h4-9H,1-3,10H2,(H,18,19). The number of rotatable bonds is 8. The first-order valence-electron chi connectivity index (χ1n) is 6.55. The van der Waals surface area contributed by atoms with Crippen LogP contribution in [0.4, 0.5) is 0 Å². The number of hydrogen-bond acceptors (Lipinski definition) is 3. The highest BCUT2D eigenvalue weighted by molar-refractivity contribution is 7.64. The van der Waals surface area contributed by atoms with E-state index < -0.39 is 12.0 Å². The van der Waals surface area contributed by atoms with Crippen LogP contribution < -0.4 is 4.74 Å². The van der Waals surface area contributed by atoms with Crippen molar-refractivity contribution in [3.63, 3.8) is 0 Å². The molecule has 0 atom stereocenters. The summed E-state index contributed by atoms with van der Waals surface area (Å²) < 4.78 is 5.16. The summed E-state index contributed by atoms with van der Waals surface area (Å²) in [6, 6.07) is 4.45. The molecule has 0 heterocycles. The molecular weight excluding hydrogens is 367 g/mol. The number of carboxylic acids is 1. The number of ether oxygens (including phenoxy) is 1. The predicted molar refractivity (Wildman–Crippen MR) is 90.7 cm³/mol. The molecule has 0 bridgehead atoms. The number of aliphatic carboxylic acids is 1. The van der Waals surface area contributed by atoms with Crippen molar-refractivity contribution in [1.82, 2.24) is 0 Å². The fraction of sp³-hybridized carbons (Fsp3) is 0.286. The minimum Gasteiger partial charge on any atom is -0.478 e. The van der Waals surface area contributed by atoms with Gasteiger partial charge in [-0.15, -0.1) is 33.2 Å². The van der Waals surface area contributed by atoms with E-state index in [1.807, 2.05) is 0 Å². The Morgan fingerprint density at radius 3 is 2.32 bits per heavy atom. The van der Waals surface area contributed by atoms with Crippen molar-refractivity contribution >= 4 is 57.3 Å². The smallest absolute Gasteiger partial charge is 0.341 e. The predicted octanol–water partition coefficient (Wildman–Crippen LogP) is 4.52. The molecule has 8 heteroatoms. The number of halogens is 3. The second-order valence-corrected chi connectivity index (χ2v) is 13.8. The number of benzene rings is 1. The third kappa shape index (κ3) is 9.10. The number of carbonyl (C=O) groups is 2. The maximum absolute atomic E-state index is 11.6. The van der Waals surface area contributed by atoms with Gasteiger partial charge in [0, 0.05) is 12.5 Å². The summed E-state index contributed by atoms with van der Waals surface area (Å²) in [4.78, 5) is 22.0. The van der Waals surface area contributed by atoms with Gasteiger partial charge in [0.15, 0.2) is 0 Å². The van der Waals surface area contributed by atoms with E-state index in [-0.39, 0.29) is 12.4 Å². The first-order chi connectivity index (χ1) is 10.3. The van der Waals surface area contributed by atoms with Crippen molar-refractivity contribution in [3.05, 3.63) is 35.9 Å². The second-order valence-electron chi connectivity index (χ2n) is 4.54. The molecule has 1 aromatic rings. The van der Waals surface area contributed by atoms with E-state index in [9.17, 15) is 9.59 Å². The zero-order chi connectivity index (χ0) is 16.6. The summed E-state index contributed by atoms with van der Waals surface area (Å²) in [6.45, 7) is 0. The molecule has 0 aliphatic rings. The van der Waals surface area contributed by atoms with Crippen molar-refractivity contribution in [3.8, 4) is 5.75 Å². The Hall–Kier alpha value is -1.01. The van der Waals surface area contributed by atoms with Gasteiger partial charge in [0.25, 0.3) is 0 Å². The molecule has 0 fully saturated rings. The van der Waals surface area contributed by atoms with E-state index in [0.29, 0.717) is 30.2 Å². The normalized spacial score (nSPS) is 11.6. The van der Waals surface area contributed by atoms with Gasteiger partial charge in [0.2, 0.25) is 0 Å². The Bertz CT molecular complexity index is 538. The Labute approximate surface area is 143 Å². The van der Waals surface area contributed by atoms with Gasteiger partial charge in [-0.2, -0.15) is 0 Å². The molecule has 22 heavy (non-hydrogen) atoms. The summed E-state index contributed by atoms with van der Waals surface area (Å²) in [5.74, 6) is -0.957. The van der Waals surface area contributed by atoms with Crippen LogP contribution in [0, 0.1) is 0 Å². The van der Waals surface area contributed by atoms with Crippen molar-refractivity contribution in [1.29, 1.82) is 0 Å². The molecule has 1 N–H and O–H groups in total. The van der Waals surface area contributed by atoms with E-state index in [2.05, 4.69) is 0 Å². The van der Waals surface area contributed by atoms with Crippen LogP contribution in [0.25, 0.3) is 6.08 Å². The number of carboxylic acid groups (broad SMARTS) is 1. The number of carbonyl (C=O) groups excluding carboxylic acids is 1. The van der Waals surface area contributed by atoms with E-state index in [4.69, 9.17) is 43.1 Å². The molecule has 0 aliphatic heterocycles. The van der Waals surface area contributed by atoms with Crippen LogP contribution in [0.3, 0.4) is 0 Å². The molecule has 0 aromatic heterocycles. The molecule has 0 radical (unpaired) electrons. The van der Waals surface area contributed by atoms with Gasteiger partial charge < -0.3 is 9.84 Å². The monoisotopic (exact) mass is 380 g/mol. The van der Waals surface area contributed by atoms with Crippen LogP contribution in [0.1, 0.15) is 24.8 Å². The molecule has 0 spiro atoms. The van der Waals surface area contributed by atoms with Crippen LogP contribution in [-0.4, -0.2) is 23.0 Å². The minimum absolute atomic E-state index is 0.260. The van der Waals surface area contributed by atoms with Crippen molar-refractivity contribution < 1.29 is 19.4 Å². The molecule has 1 rings (SSSR count). The SMILES string of the molecule is O=C(O)C=Cc1ccc(OC(=O)CCCC[Si](Cl)(Cl)Cl)cc1. The van der Waals surface area contributed by atoms with E-state index in [1.165, 1.54) is 6.08 Å². The quantitative estimate of drug-likeness (QED) is 0.180. The maximum atomic E-state index is 11.6. The van der Waals surface area contributed by atoms with Gasteiger partial charge in [-0.05, 0) is 36.2 Å². The topological polar surface area (TPSA) is 63.6 Å². The number of hydrogen-bond donors (Lipinski definition) is 1. The lowest BCUT2D eigenvalue weighted by molar-refractivity contribution is -0.134. The first-order valence-corrected chi connectivity index (χ1v) is 11.8. The zero-order valence-electron chi connectivity index (χ0n) is 11.6. The van der Waals surface area contributed by atoms with Gasteiger partial charge in [-0.25, -0.2) is 4.79 Å². The van der Waals surface area contributed by atoms with Crippen molar-refractivity contribution in [2.75, 3.05) is 0 Å². The molecule has 0 aliphatic carbocycles. The molecule has 0 saturated carbocycles. The van der Waals surface area contributed by atoms with E-state index >= 15 is 0 Å². The van der Waals surface area contributed by atoms with Gasteiger partial charge in [0.05, 0.1) is 0 Å².